The molecule has 0 bridgehead atoms. The molecule has 2 aliphatic carbocycles. The topological polar surface area (TPSA) is 140 Å². The Balaban J connectivity index is 1.07. The molecule has 286 valence electrons. The van der Waals surface area contributed by atoms with E-state index >= 15 is 0 Å². The highest BCUT2D eigenvalue weighted by molar-refractivity contribution is 6.06. The van der Waals surface area contributed by atoms with Crippen LogP contribution >= 0.6 is 0 Å². The van der Waals surface area contributed by atoms with E-state index in [1.165, 1.54) is 38.5 Å². The van der Waals surface area contributed by atoms with Crippen molar-refractivity contribution in [3.8, 4) is 29.1 Å². The van der Waals surface area contributed by atoms with E-state index in [4.69, 9.17) is 10.5 Å². The SMILES string of the molecule is CCCCC1(/C=C/C(=O)CCc2ccc(O)c(OCCc3ccc(O)c([C@@H]4CC([O-])=C5C=CN=C5CC#Cc5cc6c(cc54)CCN[C@H]6N)c3)c2)CCCC1. The number of carbonyl (C=O) groups is 1. The van der Waals surface area contributed by atoms with Gasteiger partial charge in [0.15, 0.2) is 17.3 Å². The maximum Gasteiger partial charge on any atom is 0.161 e. The molecule has 5 N–H and O–H groups in total. The van der Waals surface area contributed by atoms with Gasteiger partial charge < -0.3 is 25.8 Å². The van der Waals surface area contributed by atoms with Crippen molar-refractivity contribution in [2.45, 2.75) is 102 Å². The molecule has 0 spiro atoms. The lowest BCUT2D eigenvalue weighted by molar-refractivity contribution is -0.307. The van der Waals surface area contributed by atoms with E-state index in [0.717, 1.165) is 52.8 Å². The van der Waals surface area contributed by atoms with Crippen LogP contribution in [0.4, 0.5) is 0 Å². The maximum atomic E-state index is 13.9. The summed E-state index contributed by atoms with van der Waals surface area (Å²) in [5, 5.41) is 39.1. The Morgan fingerprint density at radius 3 is 2.67 bits per heavy atom. The summed E-state index contributed by atoms with van der Waals surface area (Å²) in [6, 6.07) is 14.9. The standard InChI is InChI=1S/C47H53N3O5/c1-2-3-19-47(20-4-5-21-47)22-15-35(51)12-9-31-11-14-43(53)45(27-31)55-25-18-32-10-13-42(52)40(26-32)39-30-44(54)36-17-24-49-41(36)8-6-7-33-29-38-34(28-37(33)39)16-23-50-46(38)48/h10-11,13-15,17,22,24,26-29,39,46,50,52-54H,2-5,8-9,12,16,18-21,23,25,30,48H2,1H3/p-1/b22-15+,44-36?/t39-,46-/m1/s1. The fourth-order valence-corrected chi connectivity index (χ4v) is 8.60. The highest BCUT2D eigenvalue weighted by Crippen LogP contribution is 2.44. The Labute approximate surface area is 324 Å². The first-order valence-corrected chi connectivity index (χ1v) is 20.0. The number of benzene rings is 3. The van der Waals surface area contributed by atoms with Gasteiger partial charge >= 0.3 is 0 Å². The zero-order chi connectivity index (χ0) is 38.4. The number of ether oxygens (including phenoxy) is 1. The third kappa shape index (κ3) is 8.91. The molecule has 4 aliphatic rings. The van der Waals surface area contributed by atoms with Gasteiger partial charge in [0.2, 0.25) is 0 Å². The molecule has 8 nitrogen and oxygen atoms in total. The number of aliphatic imine (C=N–C) groups is 1. The first-order chi connectivity index (χ1) is 26.7. The van der Waals surface area contributed by atoms with Crippen LogP contribution in [0, 0.1) is 17.3 Å². The Hall–Kier alpha value is -5.10. The van der Waals surface area contributed by atoms with Crippen molar-refractivity contribution >= 4 is 11.5 Å². The number of aryl methyl sites for hydroxylation is 1. The predicted octanol–water partition coefficient (Wildman–Crippen LogP) is 7.49. The first kappa shape index (κ1) is 38.2. The molecule has 0 saturated heterocycles. The summed E-state index contributed by atoms with van der Waals surface area (Å²) < 4.78 is 6.10. The van der Waals surface area contributed by atoms with Crippen LogP contribution in [0.15, 0.2) is 89.3 Å². The minimum absolute atomic E-state index is 0.0396. The third-order valence-electron chi connectivity index (χ3n) is 11.8. The summed E-state index contributed by atoms with van der Waals surface area (Å²) in [4.78, 5) is 17.3. The number of ketones is 1. The van der Waals surface area contributed by atoms with Crippen LogP contribution in [0.3, 0.4) is 0 Å². The molecule has 8 heteroatoms. The van der Waals surface area contributed by atoms with Crippen molar-refractivity contribution in [1.82, 2.24) is 5.32 Å². The summed E-state index contributed by atoms with van der Waals surface area (Å²) in [6.45, 7) is 3.24. The minimum atomic E-state index is -0.465. The normalized spacial score (nSPS) is 20.0. The average Bonchev–Trinajstić information content (AvgIpc) is 3.87. The molecule has 0 unspecified atom stereocenters. The van der Waals surface area contributed by atoms with Crippen LogP contribution in [0.1, 0.15) is 122 Å². The molecule has 2 heterocycles. The first-order valence-electron chi connectivity index (χ1n) is 20.0. The van der Waals surface area contributed by atoms with Gasteiger partial charge in [0.05, 0.1) is 24.9 Å². The van der Waals surface area contributed by atoms with Crippen molar-refractivity contribution in [1.29, 1.82) is 0 Å². The van der Waals surface area contributed by atoms with Gasteiger partial charge in [0.1, 0.15) is 5.75 Å². The van der Waals surface area contributed by atoms with Crippen LogP contribution in [-0.2, 0) is 24.1 Å². The number of carbonyl (C=O) groups excluding carboxylic acids is 1. The molecule has 1 fully saturated rings. The van der Waals surface area contributed by atoms with E-state index < -0.39 is 5.92 Å². The average molecular weight is 739 g/mol. The molecule has 0 aromatic heterocycles. The Morgan fingerprint density at radius 2 is 1.85 bits per heavy atom. The second kappa shape index (κ2) is 17.1. The van der Waals surface area contributed by atoms with E-state index in [0.29, 0.717) is 48.3 Å². The summed E-state index contributed by atoms with van der Waals surface area (Å²) in [6.07, 6.45) is 18.2. The van der Waals surface area contributed by atoms with E-state index in [1.54, 1.807) is 24.4 Å². The van der Waals surface area contributed by atoms with Crippen molar-refractivity contribution in [2.75, 3.05) is 13.2 Å². The smallest absolute Gasteiger partial charge is 0.161 e. The largest absolute Gasteiger partial charge is 0.875 e. The molecule has 3 aromatic rings. The minimum Gasteiger partial charge on any atom is -0.875 e. The van der Waals surface area contributed by atoms with E-state index in [2.05, 4.69) is 41.2 Å². The summed E-state index contributed by atoms with van der Waals surface area (Å²) >= 11 is 0. The number of unbranched alkanes of at least 4 members (excludes halogenated alkanes) is 1. The number of fused-ring (bicyclic) bond motifs is 3. The molecule has 1 saturated carbocycles. The number of nitrogens with zero attached hydrogens (tertiary/aromatic N) is 1. The number of rotatable bonds is 13. The van der Waals surface area contributed by atoms with Gasteiger partial charge in [0, 0.05) is 42.6 Å². The van der Waals surface area contributed by atoms with E-state index in [1.807, 2.05) is 36.4 Å². The number of phenolic OH excluding ortho intramolecular Hbond substituents is 2. The summed E-state index contributed by atoms with van der Waals surface area (Å²) in [5.74, 6) is 6.71. The number of hydrogen-bond acceptors (Lipinski definition) is 8. The van der Waals surface area contributed by atoms with Crippen LogP contribution in [-0.4, -0.2) is 34.9 Å². The second-order valence-electron chi connectivity index (χ2n) is 15.6. The molecule has 2 aliphatic heterocycles. The zero-order valence-electron chi connectivity index (χ0n) is 31.8. The number of nitrogens with one attached hydrogen (secondary N) is 1. The van der Waals surface area contributed by atoms with Crippen LogP contribution < -0.4 is 20.9 Å². The molecule has 7 rings (SSSR count). The van der Waals surface area contributed by atoms with Gasteiger partial charge in [-0.05, 0) is 114 Å². The van der Waals surface area contributed by atoms with Crippen molar-refractivity contribution in [3.63, 3.8) is 0 Å². The van der Waals surface area contributed by atoms with Gasteiger partial charge in [-0.25, -0.2) is 0 Å². The molecular formula is C47H52N3O5-. The Bertz CT molecular complexity index is 2110. The third-order valence-corrected chi connectivity index (χ3v) is 11.8. The summed E-state index contributed by atoms with van der Waals surface area (Å²) in [7, 11) is 0. The van der Waals surface area contributed by atoms with Gasteiger partial charge in [-0.3, -0.25) is 15.1 Å². The lowest BCUT2D eigenvalue weighted by Crippen LogP contribution is -2.35. The number of hydrogen-bond donors (Lipinski definition) is 4. The van der Waals surface area contributed by atoms with Crippen molar-refractivity contribution < 1.29 is 24.9 Å². The molecule has 2 atom stereocenters. The van der Waals surface area contributed by atoms with Gasteiger partial charge in [-0.15, -0.1) is 5.76 Å². The summed E-state index contributed by atoms with van der Waals surface area (Å²) in [5.41, 5.74) is 14.1. The maximum absolute atomic E-state index is 13.9. The van der Waals surface area contributed by atoms with E-state index in [9.17, 15) is 20.1 Å². The van der Waals surface area contributed by atoms with Crippen LogP contribution in [0.5, 0.6) is 17.2 Å². The van der Waals surface area contributed by atoms with E-state index in [-0.39, 0.29) is 47.6 Å². The Kier molecular flexibility index (Phi) is 11.9. The fourth-order valence-electron chi connectivity index (χ4n) is 8.60. The fraction of sp³-hybridized carbons (Fsp3) is 0.404. The van der Waals surface area contributed by atoms with Crippen LogP contribution in [0.25, 0.3) is 0 Å². The quantitative estimate of drug-likeness (QED) is 0.105. The van der Waals surface area contributed by atoms with Gasteiger partial charge in [-0.1, -0.05) is 74.8 Å². The zero-order valence-corrected chi connectivity index (χ0v) is 31.8. The van der Waals surface area contributed by atoms with Gasteiger partial charge in [0.25, 0.3) is 0 Å². The molecule has 0 amide bonds. The number of phenols is 2. The second-order valence-corrected chi connectivity index (χ2v) is 15.6. The van der Waals surface area contributed by atoms with Gasteiger partial charge in [-0.2, -0.15) is 0 Å². The highest BCUT2D eigenvalue weighted by Gasteiger charge is 2.31. The monoisotopic (exact) mass is 738 g/mol. The number of allylic oxidation sites excluding steroid dienone is 5. The highest BCUT2D eigenvalue weighted by atomic mass is 16.5. The molecule has 55 heavy (non-hydrogen) atoms. The number of nitrogens with two attached hydrogens (primary N) is 1. The molecular weight excluding hydrogens is 687 g/mol. The lowest BCUT2D eigenvalue weighted by atomic mass is 9.80. The van der Waals surface area contributed by atoms with Crippen molar-refractivity contribution in [2.24, 2.45) is 16.1 Å². The Morgan fingerprint density at radius 1 is 1.05 bits per heavy atom. The lowest BCUT2D eigenvalue weighted by Gasteiger charge is -2.30. The molecule has 0 radical (unpaired) electrons. The van der Waals surface area contributed by atoms with Crippen molar-refractivity contribution in [3.05, 3.63) is 123 Å². The molecule has 3 aromatic carbocycles. The predicted molar refractivity (Wildman–Crippen MR) is 215 cm³/mol. The number of aromatic hydroxyl groups is 2. The van der Waals surface area contributed by atoms with Crippen LogP contribution in [0.2, 0.25) is 0 Å².